The van der Waals surface area contributed by atoms with Crippen molar-refractivity contribution in [2.24, 2.45) is 0 Å². The normalized spacial score (nSPS) is 13.9. The van der Waals surface area contributed by atoms with Gasteiger partial charge in [0, 0.05) is 36.6 Å². The van der Waals surface area contributed by atoms with Gasteiger partial charge in [0.15, 0.2) is 0 Å². The van der Waals surface area contributed by atoms with Crippen LogP contribution in [0.2, 0.25) is 0 Å². The molecule has 0 atom stereocenters. The number of aliphatic hydroxyl groups excluding tert-OH is 1. The minimum absolute atomic E-state index is 0.0824. The lowest BCUT2D eigenvalue weighted by atomic mass is 9.97. The van der Waals surface area contributed by atoms with E-state index in [2.05, 4.69) is 20.2 Å². The molecule has 37 heavy (non-hydrogen) atoms. The lowest BCUT2D eigenvalue weighted by Crippen LogP contribution is -2.36. The van der Waals surface area contributed by atoms with Gasteiger partial charge >= 0.3 is 6.18 Å². The van der Waals surface area contributed by atoms with Crippen molar-refractivity contribution in [3.8, 4) is 17.0 Å². The zero-order valence-electron chi connectivity index (χ0n) is 20.4. The van der Waals surface area contributed by atoms with Gasteiger partial charge in [0.1, 0.15) is 18.1 Å². The number of carbonyl (C=O) groups is 1. The van der Waals surface area contributed by atoms with Crippen molar-refractivity contribution < 1.29 is 32.5 Å². The van der Waals surface area contributed by atoms with E-state index in [-0.39, 0.29) is 18.8 Å². The number of halogens is 3. The molecule has 4 rings (SSSR count). The van der Waals surface area contributed by atoms with E-state index in [4.69, 9.17) is 9.47 Å². The minimum Gasteiger partial charge on any atom is -0.475 e. The molecule has 1 aliphatic rings. The van der Waals surface area contributed by atoms with E-state index in [0.717, 1.165) is 34.5 Å². The molecule has 0 radical (unpaired) electrons. The number of benzene rings is 1. The fourth-order valence-electron chi connectivity index (χ4n) is 4.04. The Morgan fingerprint density at radius 1 is 1.14 bits per heavy atom. The molecule has 0 spiro atoms. The average molecular weight is 517 g/mol. The predicted molar refractivity (Wildman–Crippen MR) is 132 cm³/mol. The Kier molecular flexibility index (Phi) is 7.94. The number of aliphatic hydroxyl groups is 1. The van der Waals surface area contributed by atoms with Crippen molar-refractivity contribution in [2.75, 3.05) is 49.7 Å². The molecule has 1 amide bonds. The SMILES string of the molecule is Cc1cc(C)c(-c2cc(OCCO)nc(N3CCOCC3)c2)cc1NC(=O)c1ccnc(C(F)(F)F)c1. The fraction of sp³-hybridized carbons (Fsp3) is 0.346. The Bertz CT molecular complexity index is 1280. The second-order valence-electron chi connectivity index (χ2n) is 8.59. The van der Waals surface area contributed by atoms with Gasteiger partial charge in [0.05, 0.1) is 19.8 Å². The number of morpholine rings is 1. The van der Waals surface area contributed by atoms with Gasteiger partial charge in [-0.3, -0.25) is 9.78 Å². The summed E-state index contributed by atoms with van der Waals surface area (Å²) in [4.78, 5) is 22.8. The van der Waals surface area contributed by atoms with E-state index in [0.29, 0.717) is 43.7 Å². The van der Waals surface area contributed by atoms with Crippen molar-refractivity contribution >= 4 is 17.4 Å². The number of alkyl halides is 3. The number of aryl methyl sites for hydroxylation is 2. The number of nitrogens with zero attached hydrogens (tertiary/aromatic N) is 3. The van der Waals surface area contributed by atoms with Gasteiger partial charge in [-0.25, -0.2) is 0 Å². The predicted octanol–water partition coefficient (Wildman–Crippen LogP) is 4.24. The fourth-order valence-corrected chi connectivity index (χ4v) is 4.04. The van der Waals surface area contributed by atoms with Crippen LogP contribution in [-0.2, 0) is 10.9 Å². The molecule has 1 saturated heterocycles. The number of hydrogen-bond acceptors (Lipinski definition) is 7. The van der Waals surface area contributed by atoms with Gasteiger partial charge in [-0.2, -0.15) is 18.2 Å². The maximum Gasteiger partial charge on any atom is 0.433 e. The first-order chi connectivity index (χ1) is 17.7. The smallest absolute Gasteiger partial charge is 0.433 e. The third-order valence-electron chi connectivity index (χ3n) is 5.91. The second-order valence-corrected chi connectivity index (χ2v) is 8.59. The summed E-state index contributed by atoms with van der Waals surface area (Å²) in [5, 5.41) is 11.9. The zero-order valence-corrected chi connectivity index (χ0v) is 20.4. The zero-order chi connectivity index (χ0) is 26.6. The van der Waals surface area contributed by atoms with Crippen LogP contribution in [0, 0.1) is 13.8 Å². The summed E-state index contributed by atoms with van der Waals surface area (Å²) in [5.74, 6) is 0.354. The average Bonchev–Trinajstić information content (AvgIpc) is 2.89. The topological polar surface area (TPSA) is 96.8 Å². The van der Waals surface area contributed by atoms with Crippen molar-refractivity contribution in [3.63, 3.8) is 0 Å². The Labute approximate surface area is 212 Å². The third-order valence-corrected chi connectivity index (χ3v) is 5.91. The number of carbonyl (C=O) groups excluding carboxylic acids is 1. The Hall–Kier alpha value is -3.70. The number of amides is 1. The molecule has 0 aliphatic carbocycles. The van der Waals surface area contributed by atoms with E-state index < -0.39 is 17.8 Å². The van der Waals surface area contributed by atoms with E-state index >= 15 is 0 Å². The molecule has 3 aromatic rings. The van der Waals surface area contributed by atoms with Crippen LogP contribution in [0.15, 0.2) is 42.6 Å². The summed E-state index contributed by atoms with van der Waals surface area (Å²) in [6.07, 6.45) is -3.69. The lowest BCUT2D eigenvalue weighted by Gasteiger charge is -2.28. The quantitative estimate of drug-likeness (QED) is 0.485. The summed E-state index contributed by atoms with van der Waals surface area (Å²) in [6.45, 7) is 6.12. The maximum absolute atomic E-state index is 13.1. The van der Waals surface area contributed by atoms with Crippen molar-refractivity contribution in [1.82, 2.24) is 9.97 Å². The first-order valence-electron chi connectivity index (χ1n) is 11.7. The van der Waals surface area contributed by atoms with E-state index in [1.54, 1.807) is 12.1 Å². The Balaban J connectivity index is 1.69. The van der Waals surface area contributed by atoms with Crippen LogP contribution in [0.4, 0.5) is 24.7 Å². The molecule has 1 fully saturated rings. The molecule has 1 aromatic carbocycles. The van der Waals surface area contributed by atoms with Gasteiger partial charge in [-0.1, -0.05) is 6.07 Å². The molecule has 0 bridgehead atoms. The Morgan fingerprint density at radius 2 is 1.89 bits per heavy atom. The van der Waals surface area contributed by atoms with Gasteiger partial charge in [0.25, 0.3) is 5.91 Å². The summed E-state index contributed by atoms with van der Waals surface area (Å²) < 4.78 is 50.2. The summed E-state index contributed by atoms with van der Waals surface area (Å²) in [5.41, 5.74) is 2.41. The monoisotopic (exact) mass is 516 g/mol. The number of nitrogens with one attached hydrogen (secondary N) is 1. The highest BCUT2D eigenvalue weighted by Crippen LogP contribution is 2.34. The highest BCUT2D eigenvalue weighted by molar-refractivity contribution is 6.05. The highest BCUT2D eigenvalue weighted by atomic mass is 19.4. The summed E-state index contributed by atoms with van der Waals surface area (Å²) >= 11 is 0. The van der Waals surface area contributed by atoms with Crippen LogP contribution >= 0.6 is 0 Å². The van der Waals surface area contributed by atoms with E-state index in [1.807, 2.05) is 26.0 Å². The van der Waals surface area contributed by atoms with Crippen molar-refractivity contribution in [2.45, 2.75) is 20.0 Å². The molecule has 8 nitrogen and oxygen atoms in total. The number of ether oxygens (including phenoxy) is 2. The standard InChI is InChI=1S/C26H27F3N4O4/c1-16-11-17(2)21(31-25(35)18-3-4-30-22(12-18)26(27,28)29)15-20(16)19-13-23(33-5-8-36-9-6-33)32-24(14-19)37-10-7-34/h3-4,11-15,34H,5-10H2,1-2H3,(H,31,35). The molecule has 3 heterocycles. The van der Waals surface area contributed by atoms with Gasteiger partial charge in [-0.15, -0.1) is 0 Å². The Morgan fingerprint density at radius 3 is 2.59 bits per heavy atom. The van der Waals surface area contributed by atoms with Crippen LogP contribution in [0.25, 0.3) is 11.1 Å². The van der Waals surface area contributed by atoms with Crippen LogP contribution in [0.3, 0.4) is 0 Å². The van der Waals surface area contributed by atoms with Gasteiger partial charge in [-0.05, 0) is 60.4 Å². The van der Waals surface area contributed by atoms with Crippen LogP contribution in [0.5, 0.6) is 5.88 Å². The van der Waals surface area contributed by atoms with E-state index in [1.165, 1.54) is 6.07 Å². The molecule has 196 valence electrons. The third kappa shape index (κ3) is 6.36. The second kappa shape index (κ2) is 11.1. The molecule has 2 aromatic heterocycles. The van der Waals surface area contributed by atoms with Gasteiger partial charge < -0.3 is 24.8 Å². The van der Waals surface area contributed by atoms with E-state index in [9.17, 15) is 23.1 Å². The van der Waals surface area contributed by atoms with Gasteiger partial charge in [0.2, 0.25) is 5.88 Å². The van der Waals surface area contributed by atoms with Crippen molar-refractivity contribution in [1.29, 1.82) is 0 Å². The van der Waals surface area contributed by atoms with Crippen LogP contribution in [0.1, 0.15) is 27.2 Å². The van der Waals surface area contributed by atoms with Crippen LogP contribution < -0.4 is 15.0 Å². The molecule has 0 saturated carbocycles. The molecule has 2 N–H and O–H groups in total. The molecular formula is C26H27F3N4O4. The number of hydrogen-bond donors (Lipinski definition) is 2. The maximum atomic E-state index is 13.1. The molecule has 1 aliphatic heterocycles. The van der Waals surface area contributed by atoms with Crippen LogP contribution in [-0.4, -0.2) is 60.5 Å². The summed E-state index contributed by atoms with van der Waals surface area (Å²) in [7, 11) is 0. The molecule has 0 unspecified atom stereocenters. The molecule has 11 heteroatoms. The minimum atomic E-state index is -4.65. The first-order valence-corrected chi connectivity index (χ1v) is 11.7. The number of anilines is 2. The lowest BCUT2D eigenvalue weighted by molar-refractivity contribution is -0.141. The van der Waals surface area contributed by atoms with Crippen molar-refractivity contribution in [3.05, 3.63) is 65.0 Å². The largest absolute Gasteiger partial charge is 0.475 e. The molecular weight excluding hydrogens is 489 g/mol. The number of rotatable bonds is 7. The first kappa shape index (κ1) is 26.4. The summed E-state index contributed by atoms with van der Waals surface area (Å²) in [6, 6.07) is 9.30. The highest BCUT2D eigenvalue weighted by Gasteiger charge is 2.33. The number of pyridine rings is 2. The number of aromatic nitrogens is 2.